The molecule has 0 aromatic carbocycles. The molecule has 0 amide bonds. The second-order valence-electron chi connectivity index (χ2n) is 2.20. The van der Waals surface area contributed by atoms with Gasteiger partial charge < -0.3 is 10.2 Å². The molecule has 4 nitrogen and oxygen atoms in total. The normalized spacial score (nSPS) is 18.8. The third kappa shape index (κ3) is 1.02. The molecule has 1 aliphatic carbocycles. The van der Waals surface area contributed by atoms with Crippen LogP contribution in [0.5, 0.6) is 0 Å². The largest absolute Gasteiger partial charge is 0.504 e. The quantitative estimate of drug-likeness (QED) is 0.495. The molecule has 0 bridgehead atoms. The van der Waals surface area contributed by atoms with Crippen molar-refractivity contribution < 1.29 is 19.8 Å². The topological polar surface area (TPSA) is 74.6 Å². The van der Waals surface area contributed by atoms with Crippen molar-refractivity contribution in [3.63, 3.8) is 0 Å². The van der Waals surface area contributed by atoms with Crippen LogP contribution in [0, 0.1) is 0 Å². The van der Waals surface area contributed by atoms with E-state index in [2.05, 4.69) is 0 Å². The van der Waals surface area contributed by atoms with Crippen LogP contribution >= 0.6 is 0 Å². The van der Waals surface area contributed by atoms with Gasteiger partial charge in [-0.25, -0.2) is 0 Å². The van der Waals surface area contributed by atoms with Gasteiger partial charge in [-0.3, -0.25) is 9.59 Å². The van der Waals surface area contributed by atoms with E-state index in [1.807, 2.05) is 0 Å². The summed E-state index contributed by atoms with van der Waals surface area (Å²) in [5.41, 5.74) is -0.116. The second-order valence-corrected chi connectivity index (χ2v) is 2.20. The van der Waals surface area contributed by atoms with Gasteiger partial charge in [0.25, 0.3) is 0 Å². The Kier molecular flexibility index (Phi) is 1.53. The van der Waals surface area contributed by atoms with Crippen molar-refractivity contribution in [3.05, 3.63) is 23.2 Å². The minimum Gasteiger partial charge on any atom is -0.504 e. The molecule has 11 heavy (non-hydrogen) atoms. The maximum Gasteiger partial charge on any atom is 0.226 e. The molecule has 0 fully saturated rings. The first-order valence-electron chi connectivity index (χ1n) is 2.93. The molecule has 0 saturated carbocycles. The lowest BCUT2D eigenvalue weighted by atomic mass is 10.0. The molecule has 58 valence electrons. The van der Waals surface area contributed by atoms with Crippen LogP contribution in [0.1, 0.15) is 6.92 Å². The fourth-order valence-electron chi connectivity index (χ4n) is 0.743. The standard InChI is InChI=1S/C7H6O4/c1-3-6(10)4(8)2-5(9)7(3)11/h2,8,11H,1H3. The number of hydrogen-bond donors (Lipinski definition) is 2. The monoisotopic (exact) mass is 154 g/mol. The lowest BCUT2D eigenvalue weighted by Crippen LogP contribution is -2.17. The molecule has 1 aliphatic rings. The zero-order chi connectivity index (χ0) is 8.59. The van der Waals surface area contributed by atoms with Crippen LogP contribution in [0.25, 0.3) is 0 Å². The molecule has 0 radical (unpaired) electrons. The predicted octanol–water partition coefficient (Wildman–Crippen LogP) is 0.412. The Balaban J connectivity index is 3.19. The first kappa shape index (κ1) is 7.53. The third-order valence-electron chi connectivity index (χ3n) is 1.43. The summed E-state index contributed by atoms with van der Waals surface area (Å²) < 4.78 is 0. The fourth-order valence-corrected chi connectivity index (χ4v) is 0.743. The number of aliphatic hydroxyl groups is 2. The van der Waals surface area contributed by atoms with Crippen LogP contribution in [0.4, 0.5) is 0 Å². The van der Waals surface area contributed by atoms with E-state index in [0.29, 0.717) is 6.08 Å². The van der Waals surface area contributed by atoms with Gasteiger partial charge in [-0.05, 0) is 6.92 Å². The maximum absolute atomic E-state index is 10.8. The van der Waals surface area contributed by atoms with E-state index in [-0.39, 0.29) is 5.57 Å². The molecule has 0 aliphatic heterocycles. The highest BCUT2D eigenvalue weighted by Gasteiger charge is 2.24. The summed E-state index contributed by atoms with van der Waals surface area (Å²) in [5, 5.41) is 17.7. The van der Waals surface area contributed by atoms with E-state index < -0.39 is 23.1 Å². The number of carbonyl (C=O) groups is 2. The molecule has 4 heteroatoms. The van der Waals surface area contributed by atoms with Crippen molar-refractivity contribution in [1.82, 2.24) is 0 Å². The van der Waals surface area contributed by atoms with Gasteiger partial charge in [0.1, 0.15) is 0 Å². The predicted molar refractivity (Wildman–Crippen MR) is 36.1 cm³/mol. The van der Waals surface area contributed by atoms with Crippen LogP contribution in [-0.4, -0.2) is 21.8 Å². The van der Waals surface area contributed by atoms with Crippen LogP contribution in [-0.2, 0) is 9.59 Å². The van der Waals surface area contributed by atoms with Gasteiger partial charge in [-0.2, -0.15) is 0 Å². The Morgan fingerprint density at radius 2 is 1.82 bits per heavy atom. The molecule has 0 saturated heterocycles. The van der Waals surface area contributed by atoms with Crippen LogP contribution in [0.3, 0.4) is 0 Å². The van der Waals surface area contributed by atoms with Crippen LogP contribution in [0.15, 0.2) is 23.2 Å². The van der Waals surface area contributed by atoms with Gasteiger partial charge in [0.05, 0.1) is 0 Å². The van der Waals surface area contributed by atoms with E-state index >= 15 is 0 Å². The van der Waals surface area contributed by atoms with Crippen molar-refractivity contribution in [2.24, 2.45) is 0 Å². The zero-order valence-corrected chi connectivity index (χ0v) is 5.79. The fraction of sp³-hybridized carbons (Fsp3) is 0.143. The van der Waals surface area contributed by atoms with Gasteiger partial charge in [0.2, 0.25) is 11.6 Å². The number of Topliss-reactive ketones (excluding diaryl/α,β-unsaturated/α-hetero) is 1. The summed E-state index contributed by atoms with van der Waals surface area (Å²) in [6, 6.07) is 0. The summed E-state index contributed by atoms with van der Waals surface area (Å²) in [6.45, 7) is 1.28. The van der Waals surface area contributed by atoms with Crippen LogP contribution in [0.2, 0.25) is 0 Å². The average Bonchev–Trinajstić information content (AvgIpc) is 1.97. The summed E-state index contributed by atoms with van der Waals surface area (Å²) in [6.07, 6.45) is 0.699. The summed E-state index contributed by atoms with van der Waals surface area (Å²) in [5.74, 6) is -2.65. The Bertz CT molecular complexity index is 296. The summed E-state index contributed by atoms with van der Waals surface area (Å²) in [7, 11) is 0. The van der Waals surface area contributed by atoms with E-state index in [4.69, 9.17) is 10.2 Å². The van der Waals surface area contributed by atoms with E-state index in [1.165, 1.54) is 6.92 Å². The highest BCUT2D eigenvalue weighted by Crippen LogP contribution is 2.14. The van der Waals surface area contributed by atoms with Gasteiger partial charge in [-0.1, -0.05) is 0 Å². The number of aliphatic hydroxyl groups excluding tert-OH is 2. The lowest BCUT2D eigenvalue weighted by Gasteiger charge is -2.07. The molecule has 0 atom stereocenters. The smallest absolute Gasteiger partial charge is 0.226 e. The number of hydrogen-bond acceptors (Lipinski definition) is 4. The first-order chi connectivity index (χ1) is 5.04. The highest BCUT2D eigenvalue weighted by molar-refractivity contribution is 6.20. The maximum atomic E-state index is 10.8. The second kappa shape index (κ2) is 2.23. The van der Waals surface area contributed by atoms with Crippen molar-refractivity contribution in [1.29, 1.82) is 0 Å². The van der Waals surface area contributed by atoms with E-state index in [9.17, 15) is 9.59 Å². The zero-order valence-electron chi connectivity index (χ0n) is 5.79. The molecule has 0 unspecified atom stereocenters. The molecule has 0 aromatic heterocycles. The number of carbonyl (C=O) groups excluding carboxylic acids is 2. The van der Waals surface area contributed by atoms with Gasteiger partial charge in [0, 0.05) is 11.6 Å². The minimum absolute atomic E-state index is 0.116. The van der Waals surface area contributed by atoms with Crippen molar-refractivity contribution in [3.8, 4) is 0 Å². The van der Waals surface area contributed by atoms with Gasteiger partial charge in [-0.15, -0.1) is 0 Å². The minimum atomic E-state index is -0.736. The number of ketones is 2. The van der Waals surface area contributed by atoms with E-state index in [1.54, 1.807) is 0 Å². The van der Waals surface area contributed by atoms with Gasteiger partial charge in [0.15, 0.2) is 11.5 Å². The lowest BCUT2D eigenvalue weighted by molar-refractivity contribution is -0.119. The highest BCUT2D eigenvalue weighted by atomic mass is 16.3. The average molecular weight is 154 g/mol. The molecule has 0 heterocycles. The molecule has 0 spiro atoms. The van der Waals surface area contributed by atoms with Crippen molar-refractivity contribution in [2.45, 2.75) is 6.92 Å². The summed E-state index contributed by atoms with van der Waals surface area (Å²) >= 11 is 0. The molecular weight excluding hydrogens is 148 g/mol. The Morgan fingerprint density at radius 3 is 2.36 bits per heavy atom. The molecule has 1 rings (SSSR count). The SMILES string of the molecule is CC1=C(O)C(=O)C=C(O)C1=O. The molecule has 2 N–H and O–H groups in total. The summed E-state index contributed by atoms with van der Waals surface area (Å²) in [4.78, 5) is 21.5. The third-order valence-corrected chi connectivity index (χ3v) is 1.43. The van der Waals surface area contributed by atoms with E-state index in [0.717, 1.165) is 0 Å². The molecule has 0 aromatic rings. The first-order valence-corrected chi connectivity index (χ1v) is 2.93. The Morgan fingerprint density at radius 1 is 1.27 bits per heavy atom. The molecular formula is C7H6O4. The number of allylic oxidation sites excluding steroid dienone is 2. The Labute approximate surface area is 62.5 Å². The van der Waals surface area contributed by atoms with Crippen LogP contribution < -0.4 is 0 Å². The van der Waals surface area contributed by atoms with Crippen molar-refractivity contribution in [2.75, 3.05) is 0 Å². The Hall–Kier alpha value is -1.58. The van der Waals surface area contributed by atoms with Crippen molar-refractivity contribution >= 4 is 11.6 Å². The van der Waals surface area contributed by atoms with Gasteiger partial charge >= 0.3 is 0 Å². The number of rotatable bonds is 0.